The number of carbonyl (C=O) groups excluding carboxylic acids is 1. The second-order valence-corrected chi connectivity index (χ2v) is 5.19. The predicted molar refractivity (Wildman–Crippen MR) is 78.8 cm³/mol. The van der Waals surface area contributed by atoms with E-state index < -0.39 is 0 Å². The summed E-state index contributed by atoms with van der Waals surface area (Å²) in [5.74, 6) is 0.456. The molecule has 0 N–H and O–H groups in total. The van der Waals surface area contributed by atoms with Gasteiger partial charge in [-0.1, -0.05) is 0 Å². The summed E-state index contributed by atoms with van der Waals surface area (Å²) in [6, 6.07) is 5.78. The maximum Gasteiger partial charge on any atom is 0.340 e. The predicted octanol–water partition coefficient (Wildman–Crippen LogP) is 2.44. The molecule has 1 saturated heterocycles. The van der Waals surface area contributed by atoms with Gasteiger partial charge in [-0.2, -0.15) is 0 Å². The number of aromatic nitrogens is 1. The number of rotatable bonds is 5. The topological polar surface area (TPSA) is 53.0 Å². The standard InChI is InChI=1S/C16H19NO4/c1-4-19-16(18)15-10(2)17(3)14-6-5-11(7-13(14)15)20-8-12-9-21-12/h5-7,12H,4,8-9H2,1-3H3. The third kappa shape index (κ3) is 2.61. The van der Waals surface area contributed by atoms with Gasteiger partial charge in [0.15, 0.2) is 0 Å². The highest BCUT2D eigenvalue weighted by Gasteiger charge is 2.24. The first kappa shape index (κ1) is 13.9. The lowest BCUT2D eigenvalue weighted by Gasteiger charge is -2.05. The molecule has 0 bridgehead atoms. The molecule has 0 radical (unpaired) electrons. The van der Waals surface area contributed by atoms with E-state index in [1.54, 1.807) is 0 Å². The summed E-state index contributed by atoms with van der Waals surface area (Å²) in [4.78, 5) is 12.2. The number of aryl methyl sites for hydroxylation is 1. The Labute approximate surface area is 123 Å². The van der Waals surface area contributed by atoms with Crippen LogP contribution >= 0.6 is 0 Å². The van der Waals surface area contributed by atoms with Crippen molar-refractivity contribution < 1.29 is 19.0 Å². The molecule has 3 rings (SSSR count). The van der Waals surface area contributed by atoms with Gasteiger partial charge in [0.05, 0.1) is 18.8 Å². The van der Waals surface area contributed by atoms with E-state index in [2.05, 4.69) is 0 Å². The van der Waals surface area contributed by atoms with Crippen molar-refractivity contribution in [2.24, 2.45) is 7.05 Å². The molecule has 1 fully saturated rings. The lowest BCUT2D eigenvalue weighted by Crippen LogP contribution is -2.06. The van der Waals surface area contributed by atoms with Crippen LogP contribution in [0.25, 0.3) is 10.9 Å². The number of epoxide rings is 1. The Bertz CT molecular complexity index is 685. The van der Waals surface area contributed by atoms with Crippen molar-refractivity contribution in [3.8, 4) is 5.75 Å². The van der Waals surface area contributed by atoms with Crippen LogP contribution in [0.2, 0.25) is 0 Å². The van der Waals surface area contributed by atoms with E-state index in [1.165, 1.54) is 0 Å². The van der Waals surface area contributed by atoms with Crippen LogP contribution in [0.1, 0.15) is 23.0 Å². The summed E-state index contributed by atoms with van der Waals surface area (Å²) < 4.78 is 18.0. The normalized spacial score (nSPS) is 17.0. The summed E-state index contributed by atoms with van der Waals surface area (Å²) in [6.07, 6.45) is 0.211. The van der Waals surface area contributed by atoms with Gasteiger partial charge in [-0.15, -0.1) is 0 Å². The first-order valence-corrected chi connectivity index (χ1v) is 7.12. The minimum Gasteiger partial charge on any atom is -0.491 e. The lowest BCUT2D eigenvalue weighted by atomic mass is 10.1. The molecule has 1 unspecified atom stereocenters. The third-order valence-corrected chi connectivity index (χ3v) is 3.78. The fourth-order valence-electron chi connectivity index (χ4n) is 2.46. The number of hydrogen-bond acceptors (Lipinski definition) is 4. The third-order valence-electron chi connectivity index (χ3n) is 3.78. The summed E-state index contributed by atoms with van der Waals surface area (Å²) in [6.45, 7) is 5.41. The van der Waals surface area contributed by atoms with E-state index in [1.807, 2.05) is 43.7 Å². The lowest BCUT2D eigenvalue weighted by molar-refractivity contribution is 0.0527. The Balaban J connectivity index is 2.00. The monoisotopic (exact) mass is 289 g/mol. The molecule has 0 saturated carbocycles. The second-order valence-electron chi connectivity index (χ2n) is 5.19. The molecule has 1 aromatic carbocycles. The maximum atomic E-state index is 12.2. The summed E-state index contributed by atoms with van der Waals surface area (Å²) >= 11 is 0. The summed E-state index contributed by atoms with van der Waals surface area (Å²) in [5.41, 5.74) is 2.50. The highest BCUT2D eigenvalue weighted by molar-refractivity contribution is 6.06. The first-order chi connectivity index (χ1) is 10.1. The van der Waals surface area contributed by atoms with E-state index in [9.17, 15) is 4.79 Å². The molecule has 1 aliphatic rings. The van der Waals surface area contributed by atoms with Crippen LogP contribution in [0, 0.1) is 6.92 Å². The van der Waals surface area contributed by atoms with Gasteiger partial charge in [0.25, 0.3) is 0 Å². The zero-order valence-corrected chi connectivity index (χ0v) is 12.5. The molecule has 112 valence electrons. The molecular formula is C16H19NO4. The summed E-state index contributed by atoms with van der Waals surface area (Å²) in [5, 5.41) is 0.864. The number of fused-ring (bicyclic) bond motifs is 1. The average Bonchev–Trinajstić information content (AvgIpc) is 3.25. The second kappa shape index (κ2) is 5.41. The van der Waals surface area contributed by atoms with Crippen molar-refractivity contribution in [1.29, 1.82) is 0 Å². The van der Waals surface area contributed by atoms with Crippen molar-refractivity contribution in [3.05, 3.63) is 29.5 Å². The molecule has 1 aliphatic heterocycles. The van der Waals surface area contributed by atoms with Crippen LogP contribution in [0.4, 0.5) is 0 Å². The van der Waals surface area contributed by atoms with E-state index in [0.717, 1.165) is 29.0 Å². The summed E-state index contributed by atoms with van der Waals surface area (Å²) in [7, 11) is 1.94. The zero-order chi connectivity index (χ0) is 15.0. The molecule has 0 amide bonds. The Morgan fingerprint density at radius 2 is 2.24 bits per heavy atom. The van der Waals surface area contributed by atoms with Gasteiger partial charge >= 0.3 is 5.97 Å². The number of hydrogen-bond donors (Lipinski definition) is 0. The van der Waals surface area contributed by atoms with Gasteiger partial charge < -0.3 is 18.8 Å². The average molecular weight is 289 g/mol. The Morgan fingerprint density at radius 3 is 2.90 bits per heavy atom. The van der Waals surface area contributed by atoms with Gasteiger partial charge in [-0.05, 0) is 32.0 Å². The van der Waals surface area contributed by atoms with Gasteiger partial charge in [-0.3, -0.25) is 0 Å². The van der Waals surface area contributed by atoms with Crippen LogP contribution in [0.15, 0.2) is 18.2 Å². The largest absolute Gasteiger partial charge is 0.491 e. The number of ether oxygens (including phenoxy) is 3. The minimum absolute atomic E-state index is 0.211. The fourth-order valence-corrected chi connectivity index (χ4v) is 2.46. The molecule has 5 nitrogen and oxygen atoms in total. The minimum atomic E-state index is -0.289. The number of esters is 1. The van der Waals surface area contributed by atoms with Crippen LogP contribution < -0.4 is 4.74 Å². The van der Waals surface area contributed by atoms with Crippen molar-refractivity contribution in [3.63, 3.8) is 0 Å². The molecule has 2 aromatic rings. The zero-order valence-electron chi connectivity index (χ0n) is 12.5. The molecule has 1 aromatic heterocycles. The van der Waals surface area contributed by atoms with E-state index in [-0.39, 0.29) is 12.1 Å². The molecule has 1 atom stereocenters. The molecule has 5 heteroatoms. The molecule has 2 heterocycles. The van der Waals surface area contributed by atoms with Crippen molar-refractivity contribution in [2.75, 3.05) is 19.8 Å². The van der Waals surface area contributed by atoms with Gasteiger partial charge in [0, 0.05) is 23.6 Å². The van der Waals surface area contributed by atoms with Crippen molar-refractivity contribution in [1.82, 2.24) is 4.57 Å². The van der Waals surface area contributed by atoms with E-state index >= 15 is 0 Å². The smallest absolute Gasteiger partial charge is 0.340 e. The molecule has 0 aliphatic carbocycles. The maximum absolute atomic E-state index is 12.2. The van der Waals surface area contributed by atoms with Crippen LogP contribution in [-0.4, -0.2) is 36.5 Å². The molecular weight excluding hydrogens is 270 g/mol. The number of benzene rings is 1. The van der Waals surface area contributed by atoms with Gasteiger partial charge in [-0.25, -0.2) is 4.79 Å². The SMILES string of the molecule is CCOC(=O)c1c(C)n(C)c2ccc(OCC3CO3)cc12. The molecule has 0 spiro atoms. The van der Waals surface area contributed by atoms with Gasteiger partial charge in [0.1, 0.15) is 18.5 Å². The van der Waals surface area contributed by atoms with Crippen LogP contribution in [0.3, 0.4) is 0 Å². The highest BCUT2D eigenvalue weighted by atomic mass is 16.6. The Hall–Kier alpha value is -2.01. The number of carbonyl (C=O) groups is 1. The molecule has 21 heavy (non-hydrogen) atoms. The van der Waals surface area contributed by atoms with Crippen LogP contribution in [0.5, 0.6) is 5.75 Å². The van der Waals surface area contributed by atoms with Crippen molar-refractivity contribution >= 4 is 16.9 Å². The van der Waals surface area contributed by atoms with Crippen molar-refractivity contribution in [2.45, 2.75) is 20.0 Å². The Morgan fingerprint density at radius 1 is 1.48 bits per heavy atom. The number of nitrogens with zero attached hydrogens (tertiary/aromatic N) is 1. The fraction of sp³-hybridized carbons (Fsp3) is 0.438. The van der Waals surface area contributed by atoms with E-state index in [4.69, 9.17) is 14.2 Å². The van der Waals surface area contributed by atoms with Crippen LogP contribution in [-0.2, 0) is 16.5 Å². The first-order valence-electron chi connectivity index (χ1n) is 7.12. The van der Waals surface area contributed by atoms with E-state index in [0.29, 0.717) is 18.8 Å². The highest BCUT2D eigenvalue weighted by Crippen LogP contribution is 2.29. The Kier molecular flexibility index (Phi) is 3.59. The quantitative estimate of drug-likeness (QED) is 0.626. The van der Waals surface area contributed by atoms with Gasteiger partial charge in [0.2, 0.25) is 0 Å².